The first kappa shape index (κ1) is 21.1. The van der Waals surface area contributed by atoms with Crippen LogP contribution < -0.4 is 10.0 Å². The molecule has 0 aromatic heterocycles. The van der Waals surface area contributed by atoms with Crippen LogP contribution in [0.15, 0.2) is 41.3 Å². The number of nitrogens with zero attached hydrogens (tertiary/aromatic N) is 2. The van der Waals surface area contributed by atoms with E-state index in [9.17, 15) is 18.5 Å². The average molecular weight is 413 g/mol. The number of anilines is 2. The van der Waals surface area contributed by atoms with E-state index in [0.717, 1.165) is 11.6 Å². The van der Waals surface area contributed by atoms with E-state index in [4.69, 9.17) is 11.6 Å². The van der Waals surface area contributed by atoms with Crippen molar-refractivity contribution in [1.29, 1.82) is 0 Å². The van der Waals surface area contributed by atoms with E-state index in [2.05, 4.69) is 10.0 Å². The average Bonchev–Trinajstić information content (AvgIpc) is 2.56. The standard InChI is InChI=1S/C17H21ClN4O4S/c1-12-10-13(18)4-6-15(12)20-16-7-5-14(11-17(16)22(23)24)27(25,26)19-8-9-21(2)3/h4-7,10-11,19-20H,8-9H2,1-3H3. The Morgan fingerprint density at radius 3 is 2.41 bits per heavy atom. The molecule has 2 aromatic carbocycles. The number of nitro benzene ring substituents is 1. The Morgan fingerprint density at radius 1 is 1.15 bits per heavy atom. The third kappa shape index (κ3) is 5.64. The molecule has 2 aromatic rings. The van der Waals surface area contributed by atoms with Crippen LogP contribution in [0.2, 0.25) is 5.02 Å². The van der Waals surface area contributed by atoms with Crippen molar-refractivity contribution in [2.75, 3.05) is 32.5 Å². The summed E-state index contributed by atoms with van der Waals surface area (Å²) in [5.41, 5.74) is 1.30. The van der Waals surface area contributed by atoms with Crippen molar-refractivity contribution in [1.82, 2.24) is 9.62 Å². The van der Waals surface area contributed by atoms with Crippen LogP contribution >= 0.6 is 11.6 Å². The van der Waals surface area contributed by atoms with Crippen LogP contribution in [-0.2, 0) is 10.0 Å². The summed E-state index contributed by atoms with van der Waals surface area (Å²) < 4.78 is 27.2. The fourth-order valence-corrected chi connectivity index (χ4v) is 3.60. The Balaban J connectivity index is 2.32. The summed E-state index contributed by atoms with van der Waals surface area (Å²) >= 11 is 5.92. The zero-order valence-corrected chi connectivity index (χ0v) is 16.8. The third-order valence-electron chi connectivity index (χ3n) is 3.79. The zero-order valence-electron chi connectivity index (χ0n) is 15.2. The third-order valence-corrected chi connectivity index (χ3v) is 5.48. The molecule has 0 atom stereocenters. The lowest BCUT2D eigenvalue weighted by Crippen LogP contribution is -2.31. The van der Waals surface area contributed by atoms with Gasteiger partial charge in [0.25, 0.3) is 5.69 Å². The second-order valence-electron chi connectivity index (χ2n) is 6.22. The highest BCUT2D eigenvalue weighted by atomic mass is 35.5. The molecular formula is C17H21ClN4O4S. The van der Waals surface area contributed by atoms with Gasteiger partial charge in [-0.1, -0.05) is 11.6 Å². The Hall–Kier alpha value is -2.20. The monoisotopic (exact) mass is 412 g/mol. The number of aryl methyl sites for hydroxylation is 1. The molecule has 0 aliphatic carbocycles. The van der Waals surface area contributed by atoms with E-state index in [1.165, 1.54) is 12.1 Å². The van der Waals surface area contributed by atoms with Gasteiger partial charge >= 0.3 is 0 Å². The van der Waals surface area contributed by atoms with Gasteiger partial charge in [-0.3, -0.25) is 10.1 Å². The van der Waals surface area contributed by atoms with Crippen molar-refractivity contribution in [2.24, 2.45) is 0 Å². The summed E-state index contributed by atoms with van der Waals surface area (Å²) in [6, 6.07) is 8.85. The second kappa shape index (κ2) is 8.66. The second-order valence-corrected chi connectivity index (χ2v) is 8.42. The molecule has 0 radical (unpaired) electrons. The Bertz CT molecular complexity index is 948. The molecule has 27 heavy (non-hydrogen) atoms. The number of nitrogens with one attached hydrogen (secondary N) is 2. The molecule has 10 heteroatoms. The smallest absolute Gasteiger partial charge is 0.294 e. The highest BCUT2D eigenvalue weighted by Gasteiger charge is 2.21. The topological polar surface area (TPSA) is 105 Å². The van der Waals surface area contributed by atoms with E-state index >= 15 is 0 Å². The van der Waals surface area contributed by atoms with Gasteiger partial charge in [-0.05, 0) is 56.9 Å². The lowest BCUT2D eigenvalue weighted by molar-refractivity contribution is -0.384. The molecule has 0 fully saturated rings. The van der Waals surface area contributed by atoms with E-state index in [-0.39, 0.29) is 22.8 Å². The van der Waals surface area contributed by atoms with Crippen LogP contribution in [0, 0.1) is 17.0 Å². The highest BCUT2D eigenvalue weighted by Crippen LogP contribution is 2.32. The minimum absolute atomic E-state index is 0.161. The van der Waals surface area contributed by atoms with Crippen LogP contribution in [0.4, 0.5) is 17.1 Å². The van der Waals surface area contributed by atoms with Gasteiger partial charge in [-0.25, -0.2) is 13.1 Å². The normalized spacial score (nSPS) is 11.6. The maximum absolute atomic E-state index is 12.4. The van der Waals surface area contributed by atoms with Gasteiger partial charge in [0, 0.05) is 29.9 Å². The van der Waals surface area contributed by atoms with Crippen molar-refractivity contribution in [3.05, 3.63) is 57.1 Å². The maximum atomic E-state index is 12.4. The zero-order chi connectivity index (χ0) is 20.2. The van der Waals surface area contributed by atoms with E-state index in [1.54, 1.807) is 18.2 Å². The SMILES string of the molecule is Cc1cc(Cl)ccc1Nc1ccc(S(=O)(=O)NCCN(C)C)cc1[N+](=O)[O-]. The molecule has 0 unspecified atom stereocenters. The van der Waals surface area contributed by atoms with Crippen LogP contribution in [-0.4, -0.2) is 45.4 Å². The van der Waals surface area contributed by atoms with Gasteiger partial charge in [-0.15, -0.1) is 0 Å². The summed E-state index contributed by atoms with van der Waals surface area (Å²) in [5.74, 6) is 0. The number of likely N-dealkylation sites (N-methyl/N-ethyl adjacent to an activating group) is 1. The summed E-state index contributed by atoms with van der Waals surface area (Å²) in [4.78, 5) is 12.5. The number of benzene rings is 2. The largest absolute Gasteiger partial charge is 0.350 e. The predicted octanol–water partition coefficient (Wildman–Crippen LogP) is 3.14. The maximum Gasteiger partial charge on any atom is 0.294 e. The Morgan fingerprint density at radius 2 is 1.81 bits per heavy atom. The molecule has 0 saturated carbocycles. The summed E-state index contributed by atoms with van der Waals surface area (Å²) in [6.07, 6.45) is 0. The van der Waals surface area contributed by atoms with Gasteiger partial charge in [-0.2, -0.15) is 0 Å². The lowest BCUT2D eigenvalue weighted by atomic mass is 10.2. The summed E-state index contributed by atoms with van der Waals surface area (Å²) in [6.45, 7) is 2.53. The molecule has 2 rings (SSSR count). The lowest BCUT2D eigenvalue weighted by Gasteiger charge is -2.13. The van der Waals surface area contributed by atoms with E-state index in [0.29, 0.717) is 17.3 Å². The molecule has 0 aliphatic heterocycles. The highest BCUT2D eigenvalue weighted by molar-refractivity contribution is 7.89. The molecule has 0 amide bonds. The van der Waals surface area contributed by atoms with Gasteiger partial charge in [0.1, 0.15) is 5.69 Å². The van der Waals surface area contributed by atoms with Crippen molar-refractivity contribution in [3.63, 3.8) is 0 Å². The molecule has 146 valence electrons. The van der Waals surface area contributed by atoms with Gasteiger partial charge < -0.3 is 10.2 Å². The van der Waals surface area contributed by atoms with Crippen LogP contribution in [0.5, 0.6) is 0 Å². The number of sulfonamides is 1. The molecule has 0 aliphatic rings. The van der Waals surface area contributed by atoms with Crippen LogP contribution in [0.3, 0.4) is 0 Å². The van der Waals surface area contributed by atoms with Gasteiger partial charge in [0.2, 0.25) is 10.0 Å². The number of halogens is 1. The van der Waals surface area contributed by atoms with E-state index < -0.39 is 14.9 Å². The summed E-state index contributed by atoms with van der Waals surface area (Å²) in [7, 11) is -0.206. The number of nitro groups is 1. The van der Waals surface area contributed by atoms with Crippen molar-refractivity contribution >= 4 is 38.7 Å². The first-order valence-electron chi connectivity index (χ1n) is 8.06. The van der Waals surface area contributed by atoms with E-state index in [1.807, 2.05) is 25.9 Å². The number of hydrogen-bond acceptors (Lipinski definition) is 6. The fourth-order valence-electron chi connectivity index (χ4n) is 2.33. The first-order valence-corrected chi connectivity index (χ1v) is 9.92. The first-order chi connectivity index (χ1) is 12.6. The van der Waals surface area contributed by atoms with Crippen LogP contribution in [0.25, 0.3) is 0 Å². The molecular weight excluding hydrogens is 392 g/mol. The quantitative estimate of drug-likeness (QED) is 0.509. The Kier molecular flexibility index (Phi) is 6.77. The van der Waals surface area contributed by atoms with Crippen molar-refractivity contribution in [3.8, 4) is 0 Å². The Labute approximate surface area is 163 Å². The minimum Gasteiger partial charge on any atom is -0.350 e. The van der Waals surface area contributed by atoms with Crippen molar-refractivity contribution in [2.45, 2.75) is 11.8 Å². The fraction of sp³-hybridized carbons (Fsp3) is 0.294. The van der Waals surface area contributed by atoms with Crippen LogP contribution in [0.1, 0.15) is 5.56 Å². The van der Waals surface area contributed by atoms with Gasteiger partial charge in [0.15, 0.2) is 0 Å². The van der Waals surface area contributed by atoms with Crippen molar-refractivity contribution < 1.29 is 13.3 Å². The molecule has 0 spiro atoms. The summed E-state index contributed by atoms with van der Waals surface area (Å²) in [5, 5.41) is 15.0. The van der Waals surface area contributed by atoms with Gasteiger partial charge in [0.05, 0.1) is 9.82 Å². The number of rotatable bonds is 8. The minimum atomic E-state index is -3.84. The molecule has 8 nitrogen and oxygen atoms in total. The molecule has 0 saturated heterocycles. The molecule has 0 heterocycles. The number of hydrogen-bond donors (Lipinski definition) is 2. The molecule has 2 N–H and O–H groups in total. The molecule has 0 bridgehead atoms. The predicted molar refractivity (Wildman–Crippen MR) is 106 cm³/mol.